The lowest BCUT2D eigenvalue weighted by atomic mass is 9.72. The van der Waals surface area contributed by atoms with Gasteiger partial charge in [0, 0.05) is 35.8 Å². The third kappa shape index (κ3) is 3.97. The topological polar surface area (TPSA) is 146 Å². The van der Waals surface area contributed by atoms with Crippen molar-refractivity contribution in [3.63, 3.8) is 0 Å². The first kappa shape index (κ1) is 21.5. The van der Waals surface area contributed by atoms with E-state index in [0.717, 1.165) is 55.2 Å². The number of nitrogens with one attached hydrogen (secondary N) is 3. The first-order valence-corrected chi connectivity index (χ1v) is 11.5. The molecule has 2 aromatic rings. The van der Waals surface area contributed by atoms with Gasteiger partial charge in [0.15, 0.2) is 11.7 Å². The molecule has 3 heterocycles. The Morgan fingerprint density at radius 2 is 2.23 bits per heavy atom. The minimum Gasteiger partial charge on any atom is -0.396 e. The second-order valence-electron chi connectivity index (χ2n) is 8.53. The lowest BCUT2D eigenvalue weighted by Crippen LogP contribution is -2.47. The number of anilines is 3. The predicted molar refractivity (Wildman–Crippen MR) is 125 cm³/mol. The van der Waals surface area contributed by atoms with Crippen molar-refractivity contribution in [1.82, 2.24) is 20.6 Å². The lowest BCUT2D eigenvalue weighted by molar-refractivity contribution is -0.125. The highest BCUT2D eigenvalue weighted by Gasteiger charge is 2.42. The molecule has 9 nitrogen and oxygen atoms in total. The number of aromatic nitrogens is 2. The number of thiophene rings is 1. The molecule has 1 aliphatic heterocycles. The number of hydrogen-bond acceptors (Lipinski definition) is 9. The van der Waals surface area contributed by atoms with Crippen molar-refractivity contribution in [3.05, 3.63) is 28.5 Å². The van der Waals surface area contributed by atoms with Crippen LogP contribution in [0.25, 0.3) is 0 Å². The van der Waals surface area contributed by atoms with Crippen molar-refractivity contribution in [2.45, 2.75) is 51.0 Å². The third-order valence-corrected chi connectivity index (χ3v) is 7.40. The largest absolute Gasteiger partial charge is 0.396 e. The number of hydrogen-bond donors (Lipinski definition) is 5. The molecule has 1 aliphatic carbocycles. The van der Waals surface area contributed by atoms with E-state index >= 15 is 0 Å². The highest BCUT2D eigenvalue weighted by molar-refractivity contribution is 7.16. The number of amides is 1. The van der Waals surface area contributed by atoms with Gasteiger partial charge in [-0.25, -0.2) is 9.97 Å². The van der Waals surface area contributed by atoms with Gasteiger partial charge in [0.05, 0.1) is 11.1 Å². The average Bonchev–Trinajstić information content (AvgIpc) is 2.90. The molecule has 0 unspecified atom stereocenters. The summed E-state index contributed by atoms with van der Waals surface area (Å²) in [4.78, 5) is 25.4. The summed E-state index contributed by atoms with van der Waals surface area (Å²) in [6.45, 7) is 6.75. The van der Waals surface area contributed by atoms with E-state index in [1.54, 1.807) is 6.20 Å². The first-order chi connectivity index (χ1) is 14.8. The molecule has 2 aliphatic rings. The summed E-state index contributed by atoms with van der Waals surface area (Å²) in [5.74, 6) is 0.584. The number of carbonyl (C=O) groups is 1. The van der Waals surface area contributed by atoms with Crippen molar-refractivity contribution in [2.75, 3.05) is 36.0 Å². The van der Waals surface area contributed by atoms with E-state index in [1.807, 2.05) is 13.0 Å². The summed E-state index contributed by atoms with van der Waals surface area (Å²) in [7, 11) is 0. The van der Waals surface area contributed by atoms with Gasteiger partial charge in [-0.15, -0.1) is 11.3 Å². The normalized spacial score (nSPS) is 23.7. The van der Waals surface area contributed by atoms with E-state index in [0.29, 0.717) is 17.1 Å². The second kappa shape index (κ2) is 8.43. The first-order valence-electron chi connectivity index (χ1n) is 10.7. The van der Waals surface area contributed by atoms with Gasteiger partial charge in [-0.05, 0) is 52.1 Å². The Balaban J connectivity index is 1.55. The molecule has 0 saturated carbocycles. The highest BCUT2D eigenvalue weighted by Crippen LogP contribution is 2.47. The Bertz CT molecular complexity index is 1010. The van der Waals surface area contributed by atoms with Crippen LogP contribution in [0.2, 0.25) is 0 Å². The molecule has 166 valence electrons. The molecule has 7 N–H and O–H groups in total. The smallest absolute Gasteiger partial charge is 0.236 e. The molecule has 0 aromatic carbocycles. The molecule has 1 amide bonds. The SMILES string of the molecule is C[C@H]1CNCCCN1c1ccnc(C(=N)NC(=O)[C@@]2(C)CCCc3sc(N)c(N)c32)n1. The highest BCUT2D eigenvalue weighted by atomic mass is 32.1. The fourth-order valence-electron chi connectivity index (χ4n) is 4.54. The van der Waals surface area contributed by atoms with E-state index in [4.69, 9.17) is 16.9 Å². The van der Waals surface area contributed by atoms with Gasteiger partial charge < -0.3 is 27.0 Å². The van der Waals surface area contributed by atoms with Crippen LogP contribution in [0.5, 0.6) is 0 Å². The molecule has 2 aromatic heterocycles. The number of fused-ring (bicyclic) bond motifs is 1. The minimum absolute atomic E-state index is 0.109. The number of nitrogens with two attached hydrogens (primary N) is 2. The van der Waals surface area contributed by atoms with Gasteiger partial charge >= 0.3 is 0 Å². The van der Waals surface area contributed by atoms with E-state index < -0.39 is 5.41 Å². The van der Waals surface area contributed by atoms with Gasteiger partial charge in [0.1, 0.15) is 10.8 Å². The average molecular weight is 443 g/mol. The van der Waals surface area contributed by atoms with Crippen molar-refractivity contribution in [3.8, 4) is 0 Å². The van der Waals surface area contributed by atoms with Crippen LogP contribution in [-0.4, -0.2) is 47.4 Å². The number of rotatable bonds is 3. The summed E-state index contributed by atoms with van der Waals surface area (Å²) in [5, 5.41) is 15.2. The van der Waals surface area contributed by atoms with Crippen LogP contribution in [-0.2, 0) is 16.6 Å². The van der Waals surface area contributed by atoms with E-state index in [2.05, 4.69) is 32.4 Å². The van der Waals surface area contributed by atoms with Gasteiger partial charge in [-0.1, -0.05) is 0 Å². The maximum atomic E-state index is 13.3. The fourth-order valence-corrected chi connectivity index (χ4v) is 5.70. The Hall–Kier alpha value is -2.72. The number of nitrogens with zero attached hydrogens (tertiary/aromatic N) is 3. The molecule has 10 heteroatoms. The molecule has 1 fully saturated rings. The fraction of sp³-hybridized carbons (Fsp3) is 0.524. The summed E-state index contributed by atoms with van der Waals surface area (Å²) in [5.41, 5.74) is 12.7. The molecule has 1 saturated heterocycles. The molecule has 0 radical (unpaired) electrons. The van der Waals surface area contributed by atoms with Crippen LogP contribution >= 0.6 is 11.3 Å². The van der Waals surface area contributed by atoms with E-state index in [9.17, 15) is 4.79 Å². The summed E-state index contributed by atoms with van der Waals surface area (Å²) in [6.07, 6.45) is 5.05. The summed E-state index contributed by atoms with van der Waals surface area (Å²) < 4.78 is 0. The van der Waals surface area contributed by atoms with Crippen LogP contribution in [0.1, 0.15) is 49.4 Å². The number of nitrogen functional groups attached to an aromatic ring is 2. The predicted octanol–water partition coefficient (Wildman–Crippen LogP) is 1.63. The van der Waals surface area contributed by atoms with Crippen molar-refractivity contribution in [1.29, 1.82) is 5.41 Å². The Morgan fingerprint density at radius 3 is 3.03 bits per heavy atom. The second-order valence-corrected chi connectivity index (χ2v) is 9.67. The molecular weight excluding hydrogens is 412 g/mol. The molecule has 0 spiro atoms. The quantitative estimate of drug-likeness (QED) is 0.359. The van der Waals surface area contributed by atoms with Gasteiger partial charge in [-0.3, -0.25) is 10.2 Å². The molecule has 4 rings (SSSR count). The lowest BCUT2D eigenvalue weighted by Gasteiger charge is -2.33. The summed E-state index contributed by atoms with van der Waals surface area (Å²) >= 11 is 1.46. The maximum absolute atomic E-state index is 13.3. The molecule has 31 heavy (non-hydrogen) atoms. The van der Waals surface area contributed by atoms with E-state index in [1.165, 1.54) is 11.3 Å². The standard InChI is InChI=1S/C21H30N8OS/c1-12-11-25-8-4-10-29(12)14-6-9-26-19(27-14)17(23)28-20(30)21(2)7-3-5-13-15(21)16(22)18(24)31-13/h6,9,12,25H,3-5,7-8,10-11,22,24H2,1-2H3,(H2,23,28,30)/t12-,21-/m0/s1. The third-order valence-electron chi connectivity index (χ3n) is 6.30. The van der Waals surface area contributed by atoms with Crippen LogP contribution in [0.3, 0.4) is 0 Å². The zero-order valence-electron chi connectivity index (χ0n) is 18.0. The number of carbonyl (C=O) groups excluding carboxylic acids is 1. The zero-order chi connectivity index (χ0) is 22.2. The van der Waals surface area contributed by atoms with Crippen LogP contribution < -0.4 is 27.0 Å². The number of aryl methyl sites for hydroxylation is 1. The van der Waals surface area contributed by atoms with Gasteiger partial charge in [0.25, 0.3) is 0 Å². The molecule has 0 bridgehead atoms. The van der Waals surface area contributed by atoms with Crippen LogP contribution in [0.4, 0.5) is 16.5 Å². The molecule has 2 atom stereocenters. The monoisotopic (exact) mass is 442 g/mol. The van der Waals surface area contributed by atoms with Crippen molar-refractivity contribution < 1.29 is 4.79 Å². The maximum Gasteiger partial charge on any atom is 0.236 e. The Morgan fingerprint density at radius 1 is 1.42 bits per heavy atom. The summed E-state index contributed by atoms with van der Waals surface area (Å²) in [6, 6.07) is 2.13. The Kier molecular flexibility index (Phi) is 5.85. The van der Waals surface area contributed by atoms with E-state index in [-0.39, 0.29) is 23.6 Å². The van der Waals surface area contributed by atoms with Crippen molar-refractivity contribution >= 4 is 39.6 Å². The Labute approximate surface area is 186 Å². The van der Waals surface area contributed by atoms with Gasteiger partial charge in [-0.2, -0.15) is 0 Å². The van der Waals surface area contributed by atoms with Crippen molar-refractivity contribution in [2.24, 2.45) is 0 Å². The van der Waals surface area contributed by atoms with Gasteiger partial charge in [0.2, 0.25) is 5.91 Å². The van der Waals surface area contributed by atoms with Crippen LogP contribution in [0.15, 0.2) is 12.3 Å². The minimum atomic E-state index is -0.833. The van der Waals surface area contributed by atoms with Crippen LogP contribution in [0, 0.1) is 5.41 Å². The zero-order valence-corrected chi connectivity index (χ0v) is 18.8. The molecular formula is C21H30N8OS. The number of amidine groups is 1.